The molecular weight excluding hydrogens is 236 g/mol. The Hall–Kier alpha value is -1.20. The van der Waals surface area contributed by atoms with E-state index in [0.717, 1.165) is 18.6 Å². The van der Waals surface area contributed by atoms with E-state index < -0.39 is 8.32 Å². The third-order valence-corrected chi connectivity index (χ3v) is 8.02. The highest BCUT2D eigenvalue weighted by atomic mass is 28.4. The van der Waals surface area contributed by atoms with E-state index in [1.807, 2.05) is 0 Å². The molecule has 0 heterocycles. The summed E-state index contributed by atoms with van der Waals surface area (Å²) in [5.74, 6) is 3.64. The zero-order chi connectivity index (χ0) is 13.8. The SMILES string of the molecule is C#CCCc1ccc(O[Si](C)(C)C(C)(C)C)cc1. The van der Waals surface area contributed by atoms with E-state index in [1.54, 1.807) is 0 Å². The lowest BCUT2D eigenvalue weighted by molar-refractivity contribution is 0.492. The number of rotatable bonds is 4. The van der Waals surface area contributed by atoms with Crippen LogP contribution >= 0.6 is 0 Å². The van der Waals surface area contributed by atoms with Gasteiger partial charge >= 0.3 is 0 Å². The van der Waals surface area contributed by atoms with Crippen molar-refractivity contribution in [3.8, 4) is 18.1 Å². The summed E-state index contributed by atoms with van der Waals surface area (Å²) in [5, 5.41) is 0.231. The highest BCUT2D eigenvalue weighted by Gasteiger charge is 2.38. The molecule has 0 bridgehead atoms. The monoisotopic (exact) mass is 260 g/mol. The van der Waals surface area contributed by atoms with Gasteiger partial charge in [0.15, 0.2) is 0 Å². The van der Waals surface area contributed by atoms with Crippen LogP contribution in [0.2, 0.25) is 18.1 Å². The molecule has 0 aliphatic carbocycles. The smallest absolute Gasteiger partial charge is 0.250 e. The standard InChI is InChI=1S/C16H24OSi/c1-7-8-9-14-10-12-15(13-11-14)17-18(5,6)16(2,3)4/h1,10-13H,8-9H2,2-6H3. The maximum atomic E-state index is 6.22. The fourth-order valence-corrected chi connectivity index (χ4v) is 2.42. The summed E-state index contributed by atoms with van der Waals surface area (Å²) < 4.78 is 6.22. The Morgan fingerprint density at radius 3 is 2.17 bits per heavy atom. The van der Waals surface area contributed by atoms with Gasteiger partial charge in [-0.05, 0) is 42.2 Å². The molecule has 0 amide bonds. The van der Waals surface area contributed by atoms with E-state index in [1.165, 1.54) is 5.56 Å². The molecule has 0 fully saturated rings. The zero-order valence-corrected chi connectivity index (χ0v) is 13.2. The van der Waals surface area contributed by atoms with Crippen molar-refractivity contribution in [2.24, 2.45) is 0 Å². The van der Waals surface area contributed by atoms with Crippen molar-refractivity contribution in [2.45, 2.75) is 51.7 Å². The summed E-state index contributed by atoms with van der Waals surface area (Å²) in [6.07, 6.45) is 7.00. The minimum atomic E-state index is -1.72. The first-order valence-corrected chi connectivity index (χ1v) is 9.38. The quantitative estimate of drug-likeness (QED) is 0.566. The Bertz CT molecular complexity index is 418. The van der Waals surface area contributed by atoms with Crippen LogP contribution in [0.4, 0.5) is 0 Å². The highest BCUT2D eigenvalue weighted by Crippen LogP contribution is 2.37. The first-order chi connectivity index (χ1) is 8.26. The molecule has 0 aromatic heterocycles. The summed E-state index contributed by atoms with van der Waals surface area (Å²) >= 11 is 0. The summed E-state index contributed by atoms with van der Waals surface area (Å²) in [6.45, 7) is 11.3. The van der Waals surface area contributed by atoms with Gasteiger partial charge in [0.1, 0.15) is 5.75 Å². The van der Waals surface area contributed by atoms with Gasteiger partial charge in [-0.1, -0.05) is 32.9 Å². The summed E-state index contributed by atoms with van der Waals surface area (Å²) in [7, 11) is -1.72. The van der Waals surface area contributed by atoms with E-state index in [0.29, 0.717) is 0 Å². The molecule has 0 unspecified atom stereocenters. The number of benzene rings is 1. The van der Waals surface area contributed by atoms with Gasteiger partial charge in [-0.25, -0.2) is 0 Å². The molecule has 0 aliphatic heterocycles. The minimum absolute atomic E-state index is 0.231. The van der Waals surface area contributed by atoms with Crippen molar-refractivity contribution in [1.82, 2.24) is 0 Å². The average molecular weight is 260 g/mol. The van der Waals surface area contributed by atoms with Gasteiger partial charge in [0, 0.05) is 6.42 Å². The van der Waals surface area contributed by atoms with Crippen LogP contribution in [0, 0.1) is 12.3 Å². The largest absolute Gasteiger partial charge is 0.544 e. The molecule has 2 heteroatoms. The van der Waals surface area contributed by atoms with Gasteiger partial charge < -0.3 is 4.43 Å². The first-order valence-electron chi connectivity index (χ1n) is 6.48. The molecule has 18 heavy (non-hydrogen) atoms. The minimum Gasteiger partial charge on any atom is -0.544 e. The Morgan fingerprint density at radius 2 is 1.72 bits per heavy atom. The second-order valence-corrected chi connectivity index (χ2v) is 10.9. The summed E-state index contributed by atoms with van der Waals surface area (Å²) in [5.41, 5.74) is 1.27. The molecule has 0 aliphatic rings. The lowest BCUT2D eigenvalue weighted by Gasteiger charge is -2.36. The van der Waals surface area contributed by atoms with Gasteiger partial charge in [-0.2, -0.15) is 0 Å². The molecule has 0 saturated carbocycles. The Labute approximate surface area is 113 Å². The fourth-order valence-electron chi connectivity index (χ4n) is 1.39. The molecule has 1 aromatic rings. The van der Waals surface area contributed by atoms with Crippen LogP contribution in [-0.2, 0) is 6.42 Å². The predicted octanol–water partition coefficient (Wildman–Crippen LogP) is 4.64. The lowest BCUT2D eigenvalue weighted by Crippen LogP contribution is -2.43. The molecule has 1 nitrogen and oxygen atoms in total. The van der Waals surface area contributed by atoms with Crippen molar-refractivity contribution >= 4 is 8.32 Å². The highest BCUT2D eigenvalue weighted by molar-refractivity contribution is 6.74. The Balaban J connectivity index is 2.73. The molecule has 1 aromatic carbocycles. The summed E-state index contributed by atoms with van der Waals surface area (Å²) in [6, 6.07) is 8.35. The van der Waals surface area contributed by atoms with Crippen LogP contribution in [0.25, 0.3) is 0 Å². The van der Waals surface area contributed by atoms with E-state index in [2.05, 4.69) is 64.1 Å². The number of terminal acetylenes is 1. The summed E-state index contributed by atoms with van der Waals surface area (Å²) in [4.78, 5) is 0. The van der Waals surface area contributed by atoms with Crippen molar-refractivity contribution in [3.05, 3.63) is 29.8 Å². The molecule has 1 rings (SSSR count). The fraction of sp³-hybridized carbons (Fsp3) is 0.500. The van der Waals surface area contributed by atoms with Crippen molar-refractivity contribution < 1.29 is 4.43 Å². The van der Waals surface area contributed by atoms with E-state index in [4.69, 9.17) is 10.8 Å². The zero-order valence-electron chi connectivity index (χ0n) is 12.2. The Morgan fingerprint density at radius 1 is 1.17 bits per heavy atom. The van der Waals surface area contributed by atoms with E-state index in [-0.39, 0.29) is 5.04 Å². The van der Waals surface area contributed by atoms with E-state index >= 15 is 0 Å². The topological polar surface area (TPSA) is 9.23 Å². The van der Waals surface area contributed by atoms with Crippen molar-refractivity contribution in [3.63, 3.8) is 0 Å². The van der Waals surface area contributed by atoms with E-state index in [9.17, 15) is 0 Å². The molecule has 0 spiro atoms. The first kappa shape index (κ1) is 14.9. The molecule has 0 radical (unpaired) electrons. The second kappa shape index (κ2) is 5.62. The molecule has 0 saturated heterocycles. The predicted molar refractivity (Wildman–Crippen MR) is 81.4 cm³/mol. The van der Waals surface area contributed by atoms with Crippen LogP contribution in [0.15, 0.2) is 24.3 Å². The molecule has 0 N–H and O–H groups in total. The number of hydrogen-bond donors (Lipinski definition) is 0. The maximum Gasteiger partial charge on any atom is 0.250 e. The second-order valence-electron chi connectivity index (χ2n) is 6.21. The van der Waals surface area contributed by atoms with Crippen LogP contribution in [0.5, 0.6) is 5.75 Å². The molecule has 98 valence electrons. The van der Waals surface area contributed by atoms with Crippen LogP contribution in [0.1, 0.15) is 32.8 Å². The van der Waals surface area contributed by atoms with Crippen molar-refractivity contribution in [1.29, 1.82) is 0 Å². The lowest BCUT2D eigenvalue weighted by atomic mass is 10.1. The Kier molecular flexibility index (Phi) is 4.64. The third-order valence-electron chi connectivity index (χ3n) is 3.66. The maximum absolute atomic E-state index is 6.22. The number of aryl methyl sites for hydroxylation is 1. The average Bonchev–Trinajstić information content (AvgIpc) is 2.26. The van der Waals surface area contributed by atoms with Gasteiger partial charge in [0.05, 0.1) is 0 Å². The van der Waals surface area contributed by atoms with Gasteiger partial charge in [-0.15, -0.1) is 12.3 Å². The third kappa shape index (κ3) is 3.92. The van der Waals surface area contributed by atoms with Crippen LogP contribution in [-0.4, -0.2) is 8.32 Å². The van der Waals surface area contributed by atoms with Crippen LogP contribution in [0.3, 0.4) is 0 Å². The normalized spacial score (nSPS) is 12.0. The van der Waals surface area contributed by atoms with Gasteiger partial charge in [0.2, 0.25) is 8.32 Å². The van der Waals surface area contributed by atoms with Crippen molar-refractivity contribution in [2.75, 3.05) is 0 Å². The van der Waals surface area contributed by atoms with Crippen LogP contribution < -0.4 is 4.43 Å². The van der Waals surface area contributed by atoms with Gasteiger partial charge in [0.25, 0.3) is 0 Å². The molecular formula is C16H24OSi. The van der Waals surface area contributed by atoms with Gasteiger partial charge in [-0.3, -0.25) is 0 Å². The molecule has 0 atom stereocenters. The number of hydrogen-bond acceptors (Lipinski definition) is 1.